The van der Waals surface area contributed by atoms with Crippen LogP contribution in [-0.4, -0.2) is 5.78 Å². The largest absolute Gasteiger partial charge is 0.295 e. The molecule has 0 aliphatic heterocycles. The molecule has 0 amide bonds. The van der Waals surface area contributed by atoms with Crippen LogP contribution < -0.4 is 0 Å². The van der Waals surface area contributed by atoms with Gasteiger partial charge in [0.1, 0.15) is 0 Å². The van der Waals surface area contributed by atoms with E-state index >= 15 is 0 Å². The summed E-state index contributed by atoms with van der Waals surface area (Å²) in [5.41, 5.74) is 3.48. The molecule has 1 unspecified atom stereocenters. The summed E-state index contributed by atoms with van der Waals surface area (Å²) in [6.45, 7) is 7.53. The van der Waals surface area contributed by atoms with Gasteiger partial charge >= 0.3 is 0 Å². The van der Waals surface area contributed by atoms with Crippen molar-refractivity contribution in [3.8, 4) is 0 Å². The maximum Gasteiger partial charge on any atom is 0.155 e. The van der Waals surface area contributed by atoms with Gasteiger partial charge in [0, 0.05) is 6.42 Å². The summed E-state index contributed by atoms with van der Waals surface area (Å²) in [7, 11) is 0. The zero-order chi connectivity index (χ0) is 16.7. The molecule has 5 aliphatic rings. The minimum Gasteiger partial charge on any atom is -0.295 e. The number of rotatable bonds is 1. The third kappa shape index (κ3) is 1.57. The van der Waals surface area contributed by atoms with Crippen molar-refractivity contribution in [3.63, 3.8) is 0 Å². The molecule has 4 saturated carbocycles. The Hall–Kier alpha value is -0.590. The van der Waals surface area contributed by atoms with Gasteiger partial charge in [0.15, 0.2) is 5.78 Å². The van der Waals surface area contributed by atoms with Crippen molar-refractivity contribution < 1.29 is 4.79 Å². The molecule has 0 heterocycles. The number of fused-ring (bicyclic) bond motifs is 3. The lowest BCUT2D eigenvalue weighted by molar-refractivity contribution is -0.120. The fourth-order valence-corrected chi connectivity index (χ4v) is 9.26. The fraction of sp³-hybridized carbons (Fsp3) is 0.870. The molecule has 0 radical (unpaired) electrons. The van der Waals surface area contributed by atoms with Gasteiger partial charge in [-0.25, -0.2) is 0 Å². The molecule has 1 nitrogen and oxygen atoms in total. The van der Waals surface area contributed by atoms with Crippen LogP contribution in [0.2, 0.25) is 0 Å². The highest BCUT2D eigenvalue weighted by Crippen LogP contribution is 2.81. The lowest BCUT2D eigenvalue weighted by Gasteiger charge is -2.60. The SMILES string of the molecule is CCC12CCC3(CC1)[C@@H]1CCC4=CC(=O)CC(C)[C@@H]4[C@H]1CC[C@]23C. The highest BCUT2D eigenvalue weighted by molar-refractivity contribution is 5.91. The fourth-order valence-electron chi connectivity index (χ4n) is 9.26. The van der Waals surface area contributed by atoms with Gasteiger partial charge in [-0.2, -0.15) is 0 Å². The molecule has 1 heteroatoms. The Morgan fingerprint density at radius 3 is 2.58 bits per heavy atom. The van der Waals surface area contributed by atoms with Crippen LogP contribution in [-0.2, 0) is 4.79 Å². The third-order valence-electron chi connectivity index (χ3n) is 10.4. The van der Waals surface area contributed by atoms with Crippen LogP contribution in [0.3, 0.4) is 0 Å². The number of carbonyl (C=O) groups excluding carboxylic acids is 1. The molecule has 5 rings (SSSR count). The van der Waals surface area contributed by atoms with Gasteiger partial charge in [0.05, 0.1) is 0 Å². The van der Waals surface area contributed by atoms with E-state index in [9.17, 15) is 4.79 Å². The van der Waals surface area contributed by atoms with Gasteiger partial charge in [-0.3, -0.25) is 4.79 Å². The standard InChI is InChI=1S/C23H34O/c1-4-22-9-11-23(12-10-22)19-6-5-16-14-17(24)13-15(2)20(16)18(19)7-8-21(22,23)3/h14-15,18-20H,4-13H2,1-3H3/t15?,18-,19+,20-,21+,22?,23?/m0/s1. The molecular formula is C23H34O. The molecular weight excluding hydrogens is 292 g/mol. The first-order valence-electron chi connectivity index (χ1n) is 10.7. The highest BCUT2D eigenvalue weighted by Gasteiger charge is 2.73. The molecule has 4 fully saturated rings. The Bertz CT molecular complexity index is 606. The lowest BCUT2D eigenvalue weighted by Crippen LogP contribution is -2.53. The molecule has 0 aromatic carbocycles. The van der Waals surface area contributed by atoms with Crippen LogP contribution in [0.15, 0.2) is 11.6 Å². The molecule has 24 heavy (non-hydrogen) atoms. The summed E-state index contributed by atoms with van der Waals surface area (Å²) in [6, 6.07) is 0. The van der Waals surface area contributed by atoms with Crippen LogP contribution >= 0.6 is 0 Å². The van der Waals surface area contributed by atoms with Gasteiger partial charge in [-0.1, -0.05) is 26.3 Å². The van der Waals surface area contributed by atoms with Crippen LogP contribution in [0.4, 0.5) is 0 Å². The molecule has 0 spiro atoms. The molecule has 0 saturated heterocycles. The maximum absolute atomic E-state index is 12.1. The molecule has 5 atom stereocenters. The zero-order valence-electron chi connectivity index (χ0n) is 15.9. The normalized spacial score (nSPS) is 55.6. The van der Waals surface area contributed by atoms with Gasteiger partial charge in [0.25, 0.3) is 0 Å². The molecule has 0 aromatic heterocycles. The van der Waals surface area contributed by atoms with Gasteiger partial charge in [-0.05, 0) is 104 Å². The first-order valence-corrected chi connectivity index (χ1v) is 10.7. The lowest BCUT2D eigenvalue weighted by atomic mass is 9.44. The first kappa shape index (κ1) is 15.6. The van der Waals surface area contributed by atoms with E-state index in [1.807, 2.05) is 0 Å². The number of hydrogen-bond donors (Lipinski definition) is 0. The van der Waals surface area contributed by atoms with Crippen LogP contribution in [0, 0.1) is 39.9 Å². The van der Waals surface area contributed by atoms with Crippen LogP contribution in [0.1, 0.15) is 85.0 Å². The van der Waals surface area contributed by atoms with Gasteiger partial charge in [0.2, 0.25) is 0 Å². The van der Waals surface area contributed by atoms with Crippen molar-refractivity contribution in [2.24, 2.45) is 39.9 Å². The average Bonchev–Trinajstić information content (AvgIpc) is 2.98. The second-order valence-electron chi connectivity index (χ2n) is 10.4. The summed E-state index contributed by atoms with van der Waals surface area (Å²) in [6.07, 6.45) is 15.8. The van der Waals surface area contributed by atoms with E-state index in [-0.39, 0.29) is 0 Å². The van der Waals surface area contributed by atoms with Gasteiger partial charge < -0.3 is 0 Å². The molecule has 0 N–H and O–H groups in total. The summed E-state index contributed by atoms with van der Waals surface area (Å²) in [4.78, 5) is 12.1. The molecule has 2 bridgehead atoms. The molecule has 5 aliphatic carbocycles. The summed E-state index contributed by atoms with van der Waals surface area (Å²) in [5.74, 6) is 3.55. The predicted molar refractivity (Wildman–Crippen MR) is 97.5 cm³/mol. The minimum absolute atomic E-state index is 0.401. The highest BCUT2D eigenvalue weighted by atomic mass is 16.1. The molecule has 132 valence electrons. The van der Waals surface area contributed by atoms with Crippen molar-refractivity contribution in [2.75, 3.05) is 0 Å². The van der Waals surface area contributed by atoms with E-state index in [4.69, 9.17) is 0 Å². The zero-order valence-corrected chi connectivity index (χ0v) is 15.9. The van der Waals surface area contributed by atoms with Crippen molar-refractivity contribution in [1.29, 1.82) is 0 Å². The Labute approximate surface area is 147 Å². The molecule has 0 aromatic rings. The van der Waals surface area contributed by atoms with Crippen molar-refractivity contribution >= 4 is 5.78 Å². The first-order chi connectivity index (χ1) is 11.5. The summed E-state index contributed by atoms with van der Waals surface area (Å²) < 4.78 is 0. The van der Waals surface area contributed by atoms with E-state index in [1.165, 1.54) is 63.4 Å². The average molecular weight is 327 g/mol. The van der Waals surface area contributed by atoms with Crippen molar-refractivity contribution in [1.82, 2.24) is 0 Å². The summed E-state index contributed by atoms with van der Waals surface area (Å²) >= 11 is 0. The predicted octanol–water partition coefficient (Wildman–Crippen LogP) is 5.93. The Kier molecular flexibility index (Phi) is 3.11. The number of allylic oxidation sites excluding steroid dienone is 1. The Morgan fingerprint density at radius 2 is 1.88 bits per heavy atom. The van der Waals surface area contributed by atoms with Crippen LogP contribution in [0.25, 0.3) is 0 Å². The number of hydrogen-bond acceptors (Lipinski definition) is 1. The summed E-state index contributed by atoms with van der Waals surface area (Å²) in [5, 5.41) is 0. The monoisotopic (exact) mass is 326 g/mol. The number of ketones is 1. The Morgan fingerprint density at radius 1 is 1.12 bits per heavy atom. The Balaban J connectivity index is 1.56. The van der Waals surface area contributed by atoms with Crippen LogP contribution in [0.5, 0.6) is 0 Å². The topological polar surface area (TPSA) is 17.1 Å². The minimum atomic E-state index is 0.401. The maximum atomic E-state index is 12.1. The quantitative estimate of drug-likeness (QED) is 0.583. The van der Waals surface area contributed by atoms with E-state index in [1.54, 1.807) is 0 Å². The van der Waals surface area contributed by atoms with Crippen molar-refractivity contribution in [3.05, 3.63) is 11.6 Å². The van der Waals surface area contributed by atoms with E-state index in [2.05, 4.69) is 26.8 Å². The second-order valence-corrected chi connectivity index (χ2v) is 10.4. The van der Waals surface area contributed by atoms with E-state index < -0.39 is 0 Å². The third-order valence-corrected chi connectivity index (χ3v) is 10.4. The second kappa shape index (κ2) is 4.77. The number of carbonyl (C=O) groups is 1. The smallest absolute Gasteiger partial charge is 0.155 e. The van der Waals surface area contributed by atoms with E-state index in [0.29, 0.717) is 27.9 Å². The van der Waals surface area contributed by atoms with E-state index in [0.717, 1.165) is 24.2 Å². The van der Waals surface area contributed by atoms with Crippen molar-refractivity contribution in [2.45, 2.75) is 85.0 Å². The van der Waals surface area contributed by atoms with Gasteiger partial charge in [-0.15, -0.1) is 0 Å².